The van der Waals surface area contributed by atoms with E-state index in [0.717, 1.165) is 30.9 Å². The highest BCUT2D eigenvalue weighted by atomic mass is 32.1. The summed E-state index contributed by atoms with van der Waals surface area (Å²) in [5, 5.41) is 13.6. The number of amides is 1. The molecule has 0 bridgehead atoms. The number of thiophene rings is 1. The Morgan fingerprint density at radius 3 is 3.05 bits per heavy atom. The summed E-state index contributed by atoms with van der Waals surface area (Å²) in [6.45, 7) is 3.69. The van der Waals surface area contributed by atoms with E-state index in [9.17, 15) is 4.79 Å². The predicted octanol–water partition coefficient (Wildman–Crippen LogP) is 2.03. The molecule has 1 aliphatic heterocycles. The zero-order valence-electron chi connectivity index (χ0n) is 12.2. The molecule has 0 spiro atoms. The number of hydrogen-bond acceptors (Lipinski definition) is 4. The summed E-state index contributed by atoms with van der Waals surface area (Å²) in [5.74, 6) is 6.26. The van der Waals surface area contributed by atoms with Crippen LogP contribution >= 0.6 is 11.3 Å². The molecule has 2 heterocycles. The number of nitrogens with one attached hydrogen (secondary N) is 1. The van der Waals surface area contributed by atoms with Crippen LogP contribution in [0, 0.1) is 17.8 Å². The largest absolute Gasteiger partial charge is 0.395 e. The lowest BCUT2D eigenvalue weighted by Crippen LogP contribution is -2.40. The fourth-order valence-electron chi connectivity index (χ4n) is 2.35. The van der Waals surface area contributed by atoms with Crippen molar-refractivity contribution in [2.75, 3.05) is 19.8 Å². The standard InChI is InChI=1S/C16H21NO3S/c1-12(13-5-8-20-9-6-13)17-16(19)14-10-15(21-11-14)4-2-3-7-18/h10-13,18H,3,5-9H2,1H3,(H,17,19). The summed E-state index contributed by atoms with van der Waals surface area (Å²) in [6.07, 6.45) is 2.46. The maximum Gasteiger partial charge on any atom is 0.252 e. The minimum atomic E-state index is -0.0412. The molecular formula is C16H21NO3S. The summed E-state index contributed by atoms with van der Waals surface area (Å²) in [6, 6.07) is 1.96. The number of ether oxygens (including phenoxy) is 1. The molecule has 0 radical (unpaired) electrons. The molecule has 4 nitrogen and oxygen atoms in total. The normalized spacial score (nSPS) is 16.9. The summed E-state index contributed by atoms with van der Waals surface area (Å²) >= 11 is 1.45. The monoisotopic (exact) mass is 307 g/mol. The molecule has 2 rings (SSSR count). The van der Waals surface area contributed by atoms with Gasteiger partial charge in [0.05, 0.1) is 17.0 Å². The maximum absolute atomic E-state index is 12.2. The van der Waals surface area contributed by atoms with Crippen LogP contribution in [-0.2, 0) is 4.74 Å². The van der Waals surface area contributed by atoms with Crippen LogP contribution in [0.3, 0.4) is 0 Å². The van der Waals surface area contributed by atoms with Gasteiger partial charge in [-0.1, -0.05) is 11.8 Å². The summed E-state index contributed by atoms with van der Waals surface area (Å²) < 4.78 is 5.35. The topological polar surface area (TPSA) is 58.6 Å². The third-order valence-corrected chi connectivity index (χ3v) is 4.49. The van der Waals surface area contributed by atoms with E-state index in [1.807, 2.05) is 5.38 Å². The van der Waals surface area contributed by atoms with Gasteiger partial charge in [0.2, 0.25) is 0 Å². The van der Waals surface area contributed by atoms with Crippen molar-refractivity contribution in [2.24, 2.45) is 5.92 Å². The van der Waals surface area contributed by atoms with Crippen molar-refractivity contribution >= 4 is 17.2 Å². The molecule has 1 aromatic rings. The van der Waals surface area contributed by atoms with Gasteiger partial charge in [0.25, 0.3) is 5.91 Å². The second kappa shape index (κ2) is 8.18. The fourth-order valence-corrected chi connectivity index (χ4v) is 3.11. The molecule has 2 N–H and O–H groups in total. The third kappa shape index (κ3) is 4.85. The van der Waals surface area contributed by atoms with Crippen LogP contribution in [0.1, 0.15) is 41.4 Å². The van der Waals surface area contributed by atoms with Gasteiger partial charge in [-0.2, -0.15) is 0 Å². The highest BCUT2D eigenvalue weighted by Crippen LogP contribution is 2.19. The molecular weight excluding hydrogens is 286 g/mol. The van der Waals surface area contributed by atoms with Crippen molar-refractivity contribution in [3.63, 3.8) is 0 Å². The van der Waals surface area contributed by atoms with E-state index in [4.69, 9.17) is 9.84 Å². The number of rotatable bonds is 4. The molecule has 1 atom stereocenters. The van der Waals surface area contributed by atoms with Crippen molar-refractivity contribution in [3.05, 3.63) is 21.9 Å². The molecule has 0 aromatic carbocycles. The molecule has 1 amide bonds. The van der Waals surface area contributed by atoms with Gasteiger partial charge in [0.15, 0.2) is 0 Å². The van der Waals surface area contributed by atoms with E-state index >= 15 is 0 Å². The van der Waals surface area contributed by atoms with E-state index in [1.54, 1.807) is 6.07 Å². The lowest BCUT2D eigenvalue weighted by Gasteiger charge is -2.28. The van der Waals surface area contributed by atoms with Crippen LogP contribution in [0.15, 0.2) is 11.4 Å². The second-order valence-corrected chi connectivity index (χ2v) is 6.10. The molecule has 1 saturated heterocycles. The van der Waals surface area contributed by atoms with E-state index in [0.29, 0.717) is 17.9 Å². The molecule has 1 unspecified atom stereocenters. The smallest absolute Gasteiger partial charge is 0.252 e. The first-order valence-electron chi connectivity index (χ1n) is 7.27. The zero-order valence-corrected chi connectivity index (χ0v) is 13.0. The van der Waals surface area contributed by atoms with Crippen LogP contribution in [0.4, 0.5) is 0 Å². The lowest BCUT2D eigenvalue weighted by atomic mass is 9.93. The maximum atomic E-state index is 12.2. The van der Waals surface area contributed by atoms with Gasteiger partial charge >= 0.3 is 0 Å². The fraction of sp³-hybridized carbons (Fsp3) is 0.562. The van der Waals surface area contributed by atoms with Gasteiger partial charge in [-0.05, 0) is 31.7 Å². The van der Waals surface area contributed by atoms with Crippen molar-refractivity contribution in [1.82, 2.24) is 5.32 Å². The van der Waals surface area contributed by atoms with Gasteiger partial charge < -0.3 is 15.2 Å². The molecule has 1 aromatic heterocycles. The van der Waals surface area contributed by atoms with Crippen molar-refractivity contribution in [2.45, 2.75) is 32.2 Å². The Morgan fingerprint density at radius 1 is 1.57 bits per heavy atom. The molecule has 1 aliphatic rings. The van der Waals surface area contributed by atoms with Crippen molar-refractivity contribution < 1.29 is 14.6 Å². The van der Waals surface area contributed by atoms with Gasteiger partial charge in [0.1, 0.15) is 0 Å². The average molecular weight is 307 g/mol. The lowest BCUT2D eigenvalue weighted by molar-refractivity contribution is 0.0538. The number of hydrogen-bond donors (Lipinski definition) is 2. The summed E-state index contributed by atoms with van der Waals surface area (Å²) in [4.78, 5) is 13.1. The number of aliphatic hydroxyl groups is 1. The van der Waals surface area contributed by atoms with Gasteiger partial charge in [-0.25, -0.2) is 0 Å². The minimum Gasteiger partial charge on any atom is -0.395 e. The first kappa shape index (κ1) is 16.0. The molecule has 21 heavy (non-hydrogen) atoms. The van der Waals surface area contributed by atoms with E-state index in [-0.39, 0.29) is 18.6 Å². The summed E-state index contributed by atoms with van der Waals surface area (Å²) in [7, 11) is 0. The van der Waals surface area contributed by atoms with Crippen LogP contribution in [0.25, 0.3) is 0 Å². The predicted molar refractivity (Wildman–Crippen MR) is 83.4 cm³/mol. The zero-order chi connectivity index (χ0) is 15.1. The molecule has 114 valence electrons. The van der Waals surface area contributed by atoms with Crippen LogP contribution in [0.2, 0.25) is 0 Å². The highest BCUT2D eigenvalue weighted by molar-refractivity contribution is 7.10. The molecule has 5 heteroatoms. The Labute approximate surface area is 129 Å². The van der Waals surface area contributed by atoms with E-state index < -0.39 is 0 Å². The first-order valence-corrected chi connectivity index (χ1v) is 8.15. The number of carbonyl (C=O) groups is 1. The van der Waals surface area contributed by atoms with Crippen LogP contribution < -0.4 is 5.32 Å². The second-order valence-electron chi connectivity index (χ2n) is 5.19. The number of aliphatic hydroxyl groups excluding tert-OH is 1. The average Bonchev–Trinajstić information content (AvgIpc) is 2.97. The van der Waals surface area contributed by atoms with Gasteiger partial charge in [-0.3, -0.25) is 4.79 Å². The van der Waals surface area contributed by atoms with Crippen molar-refractivity contribution in [3.8, 4) is 11.8 Å². The highest BCUT2D eigenvalue weighted by Gasteiger charge is 2.22. The molecule has 0 aliphatic carbocycles. The van der Waals surface area contributed by atoms with Crippen LogP contribution in [-0.4, -0.2) is 36.9 Å². The quantitative estimate of drug-likeness (QED) is 0.837. The van der Waals surface area contributed by atoms with Crippen molar-refractivity contribution in [1.29, 1.82) is 0 Å². The van der Waals surface area contributed by atoms with E-state index in [2.05, 4.69) is 24.1 Å². The molecule has 0 saturated carbocycles. The Hall–Kier alpha value is -1.35. The SMILES string of the molecule is CC(NC(=O)c1csc(C#CCCO)c1)C1CCOCC1. The Balaban J connectivity index is 1.89. The summed E-state index contributed by atoms with van der Waals surface area (Å²) in [5.41, 5.74) is 0.659. The van der Waals surface area contributed by atoms with Crippen LogP contribution in [0.5, 0.6) is 0 Å². The van der Waals surface area contributed by atoms with Gasteiger partial charge in [0, 0.05) is 31.1 Å². The number of carbonyl (C=O) groups excluding carboxylic acids is 1. The minimum absolute atomic E-state index is 0.0412. The Morgan fingerprint density at radius 2 is 2.33 bits per heavy atom. The Kier molecular flexibility index (Phi) is 6.24. The third-order valence-electron chi connectivity index (χ3n) is 3.64. The Bertz CT molecular complexity index is 523. The van der Waals surface area contributed by atoms with Gasteiger partial charge in [-0.15, -0.1) is 11.3 Å². The first-order chi connectivity index (χ1) is 10.2. The molecule has 1 fully saturated rings. The van der Waals surface area contributed by atoms with E-state index in [1.165, 1.54) is 11.3 Å².